The third-order valence-corrected chi connectivity index (χ3v) is 4.21. The molecule has 0 atom stereocenters. The van der Waals surface area contributed by atoms with Gasteiger partial charge in [0.2, 0.25) is 0 Å². The van der Waals surface area contributed by atoms with Crippen LogP contribution in [0.3, 0.4) is 0 Å². The maximum absolute atomic E-state index is 4.29. The first kappa shape index (κ1) is 12.5. The van der Waals surface area contributed by atoms with Gasteiger partial charge in [-0.3, -0.25) is 0 Å². The number of hydrogen-bond donors (Lipinski definition) is 2. The van der Waals surface area contributed by atoms with Gasteiger partial charge in [-0.15, -0.1) is 0 Å². The van der Waals surface area contributed by atoms with E-state index in [1.165, 1.54) is 10.9 Å². The Bertz CT molecular complexity index is 490. The monoisotopic (exact) mass is 249 g/mol. The lowest BCUT2D eigenvalue weighted by molar-refractivity contribution is 0.592. The molecule has 17 heavy (non-hydrogen) atoms. The second kappa shape index (κ2) is 5.10. The van der Waals surface area contributed by atoms with Gasteiger partial charge in [0.1, 0.15) is 5.65 Å². The van der Waals surface area contributed by atoms with Gasteiger partial charge in [-0.25, -0.2) is 4.98 Å². The van der Waals surface area contributed by atoms with Crippen molar-refractivity contribution in [1.29, 1.82) is 0 Å². The molecule has 0 aliphatic carbocycles. The van der Waals surface area contributed by atoms with E-state index in [1.807, 2.05) is 30.2 Å². The van der Waals surface area contributed by atoms with Gasteiger partial charge >= 0.3 is 0 Å². The Balaban J connectivity index is 2.00. The van der Waals surface area contributed by atoms with Gasteiger partial charge in [0.05, 0.1) is 0 Å². The summed E-state index contributed by atoms with van der Waals surface area (Å²) in [6.45, 7) is 6.39. The molecule has 0 aromatic carbocycles. The lowest BCUT2D eigenvalue weighted by Crippen LogP contribution is -2.31. The van der Waals surface area contributed by atoms with Gasteiger partial charge in [0, 0.05) is 35.6 Å². The minimum Gasteiger partial charge on any atom is -0.346 e. The van der Waals surface area contributed by atoms with Gasteiger partial charge in [-0.05, 0) is 37.8 Å². The fourth-order valence-electron chi connectivity index (χ4n) is 1.73. The van der Waals surface area contributed by atoms with Gasteiger partial charge in [-0.2, -0.15) is 11.8 Å². The summed E-state index contributed by atoms with van der Waals surface area (Å²) < 4.78 is 0.282. The molecule has 4 heteroatoms. The Morgan fingerprint density at radius 2 is 2.29 bits per heavy atom. The molecule has 0 saturated heterocycles. The van der Waals surface area contributed by atoms with Crippen LogP contribution in [0.15, 0.2) is 24.5 Å². The van der Waals surface area contributed by atoms with Crippen LogP contribution in [0.1, 0.15) is 19.4 Å². The topological polar surface area (TPSA) is 40.7 Å². The Kier molecular flexibility index (Phi) is 3.74. The maximum atomic E-state index is 4.29. The third kappa shape index (κ3) is 3.01. The van der Waals surface area contributed by atoms with Crippen LogP contribution in [-0.2, 0) is 6.54 Å². The summed E-state index contributed by atoms with van der Waals surface area (Å²) in [7, 11) is 0. The van der Waals surface area contributed by atoms with Crippen molar-refractivity contribution in [3.63, 3.8) is 0 Å². The molecule has 92 valence electrons. The molecular weight excluding hydrogens is 230 g/mol. The number of H-pyrrole nitrogens is 1. The van der Waals surface area contributed by atoms with E-state index in [4.69, 9.17) is 0 Å². The maximum Gasteiger partial charge on any atom is 0.137 e. The zero-order valence-electron chi connectivity index (χ0n) is 10.6. The van der Waals surface area contributed by atoms with Crippen molar-refractivity contribution in [1.82, 2.24) is 15.3 Å². The number of nitrogens with zero attached hydrogens (tertiary/aromatic N) is 1. The van der Waals surface area contributed by atoms with Crippen molar-refractivity contribution in [2.75, 3.05) is 12.8 Å². The number of aromatic amines is 1. The highest BCUT2D eigenvalue weighted by Gasteiger charge is 2.15. The van der Waals surface area contributed by atoms with E-state index < -0.39 is 0 Å². The average molecular weight is 249 g/mol. The van der Waals surface area contributed by atoms with Crippen molar-refractivity contribution in [2.24, 2.45) is 0 Å². The van der Waals surface area contributed by atoms with E-state index in [1.54, 1.807) is 0 Å². The Morgan fingerprint density at radius 3 is 3.06 bits per heavy atom. The molecule has 2 N–H and O–H groups in total. The molecule has 0 saturated carbocycles. The highest BCUT2D eigenvalue weighted by atomic mass is 32.2. The van der Waals surface area contributed by atoms with Crippen molar-refractivity contribution in [3.8, 4) is 0 Å². The third-order valence-electron chi connectivity index (χ3n) is 2.96. The predicted molar refractivity (Wildman–Crippen MR) is 75.4 cm³/mol. The zero-order chi connectivity index (χ0) is 12.3. The van der Waals surface area contributed by atoms with Crippen molar-refractivity contribution >= 4 is 22.8 Å². The van der Waals surface area contributed by atoms with E-state index in [0.717, 1.165) is 18.7 Å². The number of aromatic nitrogens is 2. The average Bonchev–Trinajstić information content (AvgIpc) is 2.73. The van der Waals surface area contributed by atoms with Crippen molar-refractivity contribution in [2.45, 2.75) is 25.1 Å². The summed E-state index contributed by atoms with van der Waals surface area (Å²) in [5, 5.41) is 4.71. The summed E-state index contributed by atoms with van der Waals surface area (Å²) in [6.07, 6.45) is 6.00. The number of fused-ring (bicyclic) bond motifs is 1. The predicted octanol–water partition coefficient (Wildman–Crippen LogP) is 2.79. The first-order valence-electron chi connectivity index (χ1n) is 5.79. The van der Waals surface area contributed by atoms with Crippen LogP contribution < -0.4 is 5.32 Å². The lowest BCUT2D eigenvalue weighted by Gasteiger charge is -2.22. The first-order chi connectivity index (χ1) is 8.12. The number of pyridine rings is 1. The lowest BCUT2D eigenvalue weighted by atomic mass is 10.2. The minimum atomic E-state index is 0.282. The van der Waals surface area contributed by atoms with Crippen LogP contribution in [0.4, 0.5) is 0 Å². The van der Waals surface area contributed by atoms with Crippen LogP contribution in [0.2, 0.25) is 0 Å². The first-order valence-corrected chi connectivity index (χ1v) is 7.02. The fourth-order valence-corrected chi connectivity index (χ4v) is 1.98. The molecular formula is C13H19N3S. The standard InChI is InChI=1S/C13H19N3S/c1-13(2,17-3)9-14-7-10-8-16-12-11(10)5-4-6-15-12/h4-6,8,14H,7,9H2,1-3H3,(H,15,16). The normalized spacial score (nSPS) is 12.2. The molecule has 0 fully saturated rings. The summed E-state index contributed by atoms with van der Waals surface area (Å²) in [6, 6.07) is 4.08. The highest BCUT2D eigenvalue weighted by molar-refractivity contribution is 7.99. The van der Waals surface area contributed by atoms with Gasteiger partial charge in [0.25, 0.3) is 0 Å². The van der Waals surface area contributed by atoms with Crippen LogP contribution in [-0.4, -0.2) is 27.5 Å². The largest absolute Gasteiger partial charge is 0.346 e. The van der Waals surface area contributed by atoms with Gasteiger partial charge in [0.15, 0.2) is 0 Å². The molecule has 0 amide bonds. The minimum absolute atomic E-state index is 0.282. The zero-order valence-corrected chi connectivity index (χ0v) is 11.4. The Hall–Kier alpha value is -1.00. The summed E-state index contributed by atoms with van der Waals surface area (Å²) >= 11 is 1.89. The number of rotatable bonds is 5. The molecule has 2 aromatic rings. The summed E-state index contributed by atoms with van der Waals surface area (Å²) in [5.74, 6) is 0. The Labute approximate surface area is 106 Å². The van der Waals surface area contributed by atoms with E-state index in [-0.39, 0.29) is 4.75 Å². The van der Waals surface area contributed by atoms with Crippen molar-refractivity contribution < 1.29 is 0 Å². The molecule has 2 rings (SSSR count). The summed E-state index contributed by atoms with van der Waals surface area (Å²) in [4.78, 5) is 7.48. The van der Waals surface area contributed by atoms with Crippen LogP contribution in [0, 0.1) is 0 Å². The molecule has 2 aromatic heterocycles. The van der Waals surface area contributed by atoms with E-state index >= 15 is 0 Å². The smallest absolute Gasteiger partial charge is 0.137 e. The summed E-state index contributed by atoms with van der Waals surface area (Å²) in [5.41, 5.74) is 2.25. The molecule has 0 radical (unpaired) electrons. The molecule has 0 aliphatic heterocycles. The van der Waals surface area contributed by atoms with Crippen molar-refractivity contribution in [3.05, 3.63) is 30.1 Å². The van der Waals surface area contributed by atoms with Gasteiger partial charge in [-0.1, -0.05) is 0 Å². The van der Waals surface area contributed by atoms with Crippen LogP contribution in [0.25, 0.3) is 11.0 Å². The number of nitrogens with one attached hydrogen (secondary N) is 2. The second-order valence-corrected chi connectivity index (χ2v) is 6.29. The molecule has 3 nitrogen and oxygen atoms in total. The van der Waals surface area contributed by atoms with E-state index in [0.29, 0.717) is 0 Å². The molecule has 2 heterocycles. The fraction of sp³-hybridized carbons (Fsp3) is 0.462. The second-order valence-electron chi connectivity index (χ2n) is 4.78. The number of hydrogen-bond acceptors (Lipinski definition) is 3. The molecule has 0 aliphatic rings. The molecule has 0 unspecified atom stereocenters. The van der Waals surface area contributed by atoms with Gasteiger partial charge < -0.3 is 10.3 Å². The van der Waals surface area contributed by atoms with Crippen LogP contribution in [0.5, 0.6) is 0 Å². The van der Waals surface area contributed by atoms with Crippen LogP contribution >= 0.6 is 11.8 Å². The Morgan fingerprint density at radius 1 is 1.47 bits per heavy atom. The molecule has 0 spiro atoms. The number of thioether (sulfide) groups is 1. The molecule has 0 bridgehead atoms. The highest BCUT2D eigenvalue weighted by Crippen LogP contribution is 2.20. The quantitative estimate of drug-likeness (QED) is 0.856. The van der Waals surface area contributed by atoms with E-state index in [2.05, 4.69) is 41.5 Å². The van der Waals surface area contributed by atoms with E-state index in [9.17, 15) is 0 Å². The SMILES string of the molecule is CSC(C)(C)CNCc1c[nH]c2ncccc12.